The number of hydrogen-bond donors (Lipinski definition) is 1. The van der Waals surface area contributed by atoms with Crippen molar-refractivity contribution in [3.05, 3.63) is 94.0 Å². The Morgan fingerprint density at radius 3 is 2.28 bits per heavy atom. The number of amides is 2. The second kappa shape index (κ2) is 14.9. The van der Waals surface area contributed by atoms with Crippen molar-refractivity contribution in [1.29, 1.82) is 0 Å². The number of anilines is 1. The van der Waals surface area contributed by atoms with E-state index in [2.05, 4.69) is 5.32 Å². The fraction of sp³-hybridized carbons (Fsp3) is 0.375. The lowest BCUT2D eigenvalue weighted by molar-refractivity contribution is -0.139. The van der Waals surface area contributed by atoms with Crippen LogP contribution in [0.1, 0.15) is 50.2 Å². The van der Waals surface area contributed by atoms with Crippen LogP contribution in [0.5, 0.6) is 5.75 Å². The van der Waals surface area contributed by atoms with E-state index >= 15 is 0 Å². The minimum Gasteiger partial charge on any atom is -0.489 e. The van der Waals surface area contributed by atoms with Gasteiger partial charge in [0.1, 0.15) is 24.9 Å². The standard InChI is InChI=1S/C32H37Cl2N3O5S/c1-23(32(39)35-27-11-7-4-8-12-27)36(20-25-13-14-26(33)19-30(25)34)31(38)21-37(43(2,40)41)28-15-17-29(18-16-28)42-22-24-9-5-3-6-10-24/h3,5-6,9-10,13-19,23,27H,4,7-8,11-12,20-22H2,1-2H3,(H,35,39)/t23-/m0/s1. The van der Waals surface area contributed by atoms with Gasteiger partial charge in [0, 0.05) is 22.6 Å². The van der Waals surface area contributed by atoms with Gasteiger partial charge in [-0.1, -0.05) is 78.9 Å². The fourth-order valence-corrected chi connectivity index (χ4v) is 6.37. The van der Waals surface area contributed by atoms with Gasteiger partial charge in [-0.3, -0.25) is 13.9 Å². The second-order valence-corrected chi connectivity index (χ2v) is 13.6. The van der Waals surface area contributed by atoms with Crippen LogP contribution in [0.15, 0.2) is 72.8 Å². The zero-order valence-electron chi connectivity index (χ0n) is 24.3. The van der Waals surface area contributed by atoms with Crippen LogP contribution in [0.4, 0.5) is 5.69 Å². The highest BCUT2D eigenvalue weighted by Crippen LogP contribution is 2.26. The van der Waals surface area contributed by atoms with E-state index in [1.807, 2.05) is 30.3 Å². The average molecular weight is 647 g/mol. The Morgan fingerprint density at radius 2 is 1.65 bits per heavy atom. The molecule has 1 saturated carbocycles. The topological polar surface area (TPSA) is 96.0 Å². The van der Waals surface area contributed by atoms with Crippen LogP contribution in [-0.2, 0) is 32.8 Å². The van der Waals surface area contributed by atoms with Crippen LogP contribution in [0.25, 0.3) is 0 Å². The van der Waals surface area contributed by atoms with Gasteiger partial charge in [-0.2, -0.15) is 0 Å². The minimum absolute atomic E-state index is 0.00203. The molecule has 3 aromatic rings. The Kier molecular flexibility index (Phi) is 11.3. The summed E-state index contributed by atoms with van der Waals surface area (Å²) in [5.41, 5.74) is 1.88. The number of nitrogens with zero attached hydrogens (tertiary/aromatic N) is 2. The third-order valence-electron chi connectivity index (χ3n) is 7.53. The van der Waals surface area contributed by atoms with E-state index in [1.54, 1.807) is 49.4 Å². The predicted octanol–water partition coefficient (Wildman–Crippen LogP) is 6.20. The largest absolute Gasteiger partial charge is 0.489 e. The Morgan fingerprint density at radius 1 is 0.977 bits per heavy atom. The van der Waals surface area contributed by atoms with Gasteiger partial charge in [0.25, 0.3) is 0 Å². The SMILES string of the molecule is C[C@@H](C(=O)NC1CCCCC1)N(Cc1ccc(Cl)cc1Cl)C(=O)CN(c1ccc(OCc2ccccc2)cc1)S(C)(=O)=O. The number of nitrogens with one attached hydrogen (secondary N) is 1. The summed E-state index contributed by atoms with van der Waals surface area (Å²) in [5.74, 6) is -0.289. The summed E-state index contributed by atoms with van der Waals surface area (Å²) < 4.78 is 32.7. The minimum atomic E-state index is -3.87. The van der Waals surface area contributed by atoms with E-state index in [-0.39, 0.29) is 18.5 Å². The lowest BCUT2D eigenvalue weighted by Gasteiger charge is -2.33. The van der Waals surface area contributed by atoms with Crippen molar-refractivity contribution in [2.24, 2.45) is 0 Å². The summed E-state index contributed by atoms with van der Waals surface area (Å²) in [5, 5.41) is 3.86. The molecular formula is C32H37Cl2N3O5S. The normalized spacial score (nSPS) is 14.5. The van der Waals surface area contributed by atoms with E-state index in [1.165, 1.54) is 4.90 Å². The lowest BCUT2D eigenvalue weighted by Crippen LogP contribution is -2.53. The van der Waals surface area contributed by atoms with Gasteiger partial charge in [0.05, 0.1) is 11.9 Å². The number of benzene rings is 3. The monoisotopic (exact) mass is 645 g/mol. The maximum Gasteiger partial charge on any atom is 0.244 e. The van der Waals surface area contributed by atoms with Crippen LogP contribution in [0.3, 0.4) is 0 Å². The van der Waals surface area contributed by atoms with E-state index < -0.39 is 28.5 Å². The van der Waals surface area contributed by atoms with Crippen molar-refractivity contribution in [1.82, 2.24) is 10.2 Å². The predicted molar refractivity (Wildman–Crippen MR) is 171 cm³/mol. The molecule has 0 unspecified atom stereocenters. The zero-order chi connectivity index (χ0) is 31.0. The van der Waals surface area contributed by atoms with Gasteiger partial charge in [-0.05, 0) is 67.3 Å². The highest BCUT2D eigenvalue weighted by Gasteiger charge is 2.31. The molecule has 1 N–H and O–H groups in total. The zero-order valence-corrected chi connectivity index (χ0v) is 26.7. The van der Waals surface area contributed by atoms with Crippen LogP contribution in [0.2, 0.25) is 10.0 Å². The molecular weight excluding hydrogens is 609 g/mol. The number of sulfonamides is 1. The molecule has 43 heavy (non-hydrogen) atoms. The van der Waals surface area contributed by atoms with Gasteiger partial charge in [0.2, 0.25) is 21.8 Å². The lowest BCUT2D eigenvalue weighted by atomic mass is 9.95. The Balaban J connectivity index is 1.54. The fourth-order valence-electron chi connectivity index (χ4n) is 5.05. The number of halogens is 2. The molecule has 3 aromatic carbocycles. The van der Waals surface area contributed by atoms with Crippen molar-refractivity contribution in [3.63, 3.8) is 0 Å². The Bertz CT molecular complexity index is 1500. The summed E-state index contributed by atoms with van der Waals surface area (Å²) in [4.78, 5) is 28.6. The van der Waals surface area contributed by atoms with Crippen molar-refractivity contribution in [2.45, 2.75) is 64.3 Å². The number of carbonyl (C=O) groups is 2. The summed E-state index contributed by atoms with van der Waals surface area (Å²) >= 11 is 12.5. The highest BCUT2D eigenvalue weighted by atomic mass is 35.5. The van der Waals surface area contributed by atoms with Crippen molar-refractivity contribution in [3.8, 4) is 5.75 Å². The molecule has 11 heteroatoms. The van der Waals surface area contributed by atoms with Crippen molar-refractivity contribution >= 4 is 50.7 Å². The smallest absolute Gasteiger partial charge is 0.244 e. The molecule has 2 amide bonds. The Hall–Kier alpha value is -3.27. The molecule has 1 aliphatic rings. The number of carbonyl (C=O) groups excluding carboxylic acids is 2. The molecule has 0 spiro atoms. The second-order valence-electron chi connectivity index (χ2n) is 10.8. The molecule has 230 valence electrons. The van der Waals surface area contributed by atoms with Crippen LogP contribution in [-0.4, -0.2) is 50.0 Å². The molecule has 4 rings (SSSR count). The number of rotatable bonds is 12. The quantitative estimate of drug-likeness (QED) is 0.253. The summed E-state index contributed by atoms with van der Waals surface area (Å²) in [6.07, 6.45) is 6.05. The van der Waals surface area contributed by atoms with Gasteiger partial charge < -0.3 is 15.0 Å². The van der Waals surface area contributed by atoms with E-state index in [0.29, 0.717) is 33.7 Å². The van der Waals surface area contributed by atoms with Gasteiger partial charge in [-0.25, -0.2) is 8.42 Å². The van der Waals surface area contributed by atoms with Gasteiger partial charge in [0.15, 0.2) is 0 Å². The molecule has 1 fully saturated rings. The summed E-state index contributed by atoms with van der Waals surface area (Å²) in [6.45, 7) is 1.49. The van der Waals surface area contributed by atoms with E-state index in [0.717, 1.165) is 48.2 Å². The van der Waals surface area contributed by atoms with E-state index in [9.17, 15) is 18.0 Å². The van der Waals surface area contributed by atoms with Crippen molar-refractivity contribution in [2.75, 3.05) is 17.1 Å². The first kappa shape index (κ1) is 32.6. The van der Waals surface area contributed by atoms with Crippen LogP contribution >= 0.6 is 23.2 Å². The summed E-state index contributed by atoms with van der Waals surface area (Å²) in [7, 11) is -3.87. The van der Waals surface area contributed by atoms with Crippen LogP contribution < -0.4 is 14.4 Å². The highest BCUT2D eigenvalue weighted by molar-refractivity contribution is 7.92. The van der Waals surface area contributed by atoms with E-state index in [4.69, 9.17) is 27.9 Å². The third-order valence-corrected chi connectivity index (χ3v) is 9.25. The third kappa shape index (κ3) is 9.36. The Labute approximate surface area is 264 Å². The molecule has 0 saturated heterocycles. The maximum absolute atomic E-state index is 13.9. The first-order chi connectivity index (χ1) is 20.5. The molecule has 0 radical (unpaired) electrons. The van der Waals surface area contributed by atoms with Gasteiger partial charge >= 0.3 is 0 Å². The molecule has 1 atom stereocenters. The molecule has 0 aliphatic heterocycles. The van der Waals surface area contributed by atoms with Crippen molar-refractivity contribution < 1.29 is 22.7 Å². The first-order valence-corrected chi connectivity index (χ1v) is 16.9. The molecule has 8 nitrogen and oxygen atoms in total. The first-order valence-electron chi connectivity index (χ1n) is 14.3. The number of hydrogen-bond acceptors (Lipinski definition) is 5. The number of ether oxygens (including phenoxy) is 1. The van der Waals surface area contributed by atoms with Gasteiger partial charge in [-0.15, -0.1) is 0 Å². The molecule has 0 aromatic heterocycles. The average Bonchev–Trinajstić information content (AvgIpc) is 2.99. The molecule has 0 heterocycles. The summed E-state index contributed by atoms with van der Waals surface area (Å²) in [6, 6.07) is 20.3. The van der Waals surface area contributed by atoms with Crippen LogP contribution in [0, 0.1) is 0 Å². The molecule has 0 bridgehead atoms. The molecule has 1 aliphatic carbocycles. The maximum atomic E-state index is 13.9.